The molecule has 0 unspecified atom stereocenters. The van der Waals surface area contributed by atoms with Crippen molar-refractivity contribution in [3.8, 4) is 66.5 Å². The first-order chi connectivity index (χ1) is 35.7. The van der Waals surface area contributed by atoms with Crippen molar-refractivity contribution in [1.82, 2.24) is 14.1 Å². The Bertz CT molecular complexity index is 4360. The number of thiazole rings is 1. The first-order valence-corrected chi connectivity index (χ1v) is 26.1. The Morgan fingerprint density at radius 1 is 0.278 bits per heavy atom. The monoisotopic (exact) mass is 951 g/mol. The van der Waals surface area contributed by atoms with Crippen LogP contribution in [0.15, 0.2) is 249 Å². The van der Waals surface area contributed by atoms with Crippen molar-refractivity contribution >= 4 is 96.7 Å². The van der Waals surface area contributed by atoms with Gasteiger partial charge in [0.2, 0.25) is 0 Å². The normalized spacial score (nSPS) is 11.9. The van der Waals surface area contributed by atoms with Crippen molar-refractivity contribution in [1.29, 1.82) is 0 Å². The Morgan fingerprint density at radius 2 is 0.736 bits per heavy atom. The van der Waals surface area contributed by atoms with E-state index in [4.69, 9.17) is 4.98 Å². The van der Waals surface area contributed by atoms with Crippen LogP contribution in [0.3, 0.4) is 0 Å². The molecule has 0 saturated carbocycles. The number of aromatic nitrogens is 3. The standard InChI is InChI=1S/C67H41N3S2/c1-3-14-48(15-4-1)69-59-23-10-7-18-52(59)57-40-46(34-38-61(57)69)42-26-30-44(31-27-42)50-36-37-51(66-64(50)68-67(72-66)56-22-13-21-55-54-20-9-12-25-63(54)71-65(55)56)45-32-28-43(29-33-45)47-35-39-62-58(41-47)53-19-8-11-24-60(53)70(62)49-16-5-2-6-17-49/h1-41H. The van der Waals surface area contributed by atoms with Crippen molar-refractivity contribution in [3.05, 3.63) is 249 Å². The predicted octanol–water partition coefficient (Wildman–Crippen LogP) is 19.2. The summed E-state index contributed by atoms with van der Waals surface area (Å²) in [5.41, 5.74) is 18.8. The van der Waals surface area contributed by atoms with Gasteiger partial charge in [-0.25, -0.2) is 4.98 Å². The second-order valence-electron chi connectivity index (χ2n) is 18.6. The van der Waals surface area contributed by atoms with Gasteiger partial charge in [-0.2, -0.15) is 0 Å². The molecule has 72 heavy (non-hydrogen) atoms. The third-order valence-corrected chi connectivity index (χ3v) is 17.0. The molecule has 3 nitrogen and oxygen atoms in total. The predicted molar refractivity (Wildman–Crippen MR) is 308 cm³/mol. The summed E-state index contributed by atoms with van der Waals surface area (Å²) in [6.07, 6.45) is 0. The van der Waals surface area contributed by atoms with Crippen molar-refractivity contribution in [3.63, 3.8) is 0 Å². The van der Waals surface area contributed by atoms with E-state index >= 15 is 0 Å². The fourth-order valence-corrected chi connectivity index (χ4v) is 13.6. The Kier molecular flexibility index (Phi) is 9.31. The number of benzene rings is 11. The molecule has 0 bridgehead atoms. The Labute approximate surface area is 423 Å². The number of rotatable bonds is 7. The summed E-state index contributed by atoms with van der Waals surface area (Å²) in [7, 11) is 0. The molecule has 4 aromatic heterocycles. The molecule has 0 amide bonds. The molecule has 15 aromatic rings. The van der Waals surface area contributed by atoms with Crippen molar-refractivity contribution < 1.29 is 0 Å². The van der Waals surface area contributed by atoms with E-state index in [1.807, 2.05) is 11.3 Å². The molecule has 15 rings (SSSR count). The van der Waals surface area contributed by atoms with Crippen LogP contribution >= 0.6 is 22.7 Å². The van der Waals surface area contributed by atoms with Crippen LogP contribution in [-0.2, 0) is 0 Å². The van der Waals surface area contributed by atoms with Crippen LogP contribution < -0.4 is 0 Å². The van der Waals surface area contributed by atoms with Crippen molar-refractivity contribution in [2.45, 2.75) is 0 Å². The van der Waals surface area contributed by atoms with Crippen LogP contribution in [0.4, 0.5) is 0 Å². The van der Waals surface area contributed by atoms with Gasteiger partial charge in [0, 0.05) is 69.8 Å². The Balaban J connectivity index is 0.833. The quantitative estimate of drug-likeness (QED) is 0.156. The first kappa shape index (κ1) is 41.0. The highest BCUT2D eigenvalue weighted by molar-refractivity contribution is 7.27. The molecule has 4 heterocycles. The van der Waals surface area contributed by atoms with E-state index in [1.54, 1.807) is 11.3 Å². The van der Waals surface area contributed by atoms with E-state index in [0.29, 0.717) is 0 Å². The van der Waals surface area contributed by atoms with E-state index in [1.165, 1.54) is 119 Å². The molecule has 336 valence electrons. The number of para-hydroxylation sites is 4. The zero-order chi connectivity index (χ0) is 47.3. The smallest absolute Gasteiger partial charge is 0.126 e. The van der Waals surface area contributed by atoms with Gasteiger partial charge in [0.1, 0.15) is 5.01 Å². The van der Waals surface area contributed by atoms with E-state index in [-0.39, 0.29) is 0 Å². The summed E-state index contributed by atoms with van der Waals surface area (Å²) >= 11 is 3.66. The van der Waals surface area contributed by atoms with Crippen LogP contribution in [-0.4, -0.2) is 14.1 Å². The molecular weight excluding hydrogens is 911 g/mol. The first-order valence-electron chi connectivity index (χ1n) is 24.4. The molecule has 0 N–H and O–H groups in total. The molecule has 0 atom stereocenters. The lowest BCUT2D eigenvalue weighted by Gasteiger charge is -2.11. The highest BCUT2D eigenvalue weighted by Gasteiger charge is 2.20. The van der Waals surface area contributed by atoms with Crippen molar-refractivity contribution in [2.75, 3.05) is 0 Å². The van der Waals surface area contributed by atoms with Crippen LogP contribution in [0.25, 0.3) is 140 Å². The lowest BCUT2D eigenvalue weighted by atomic mass is 9.95. The molecule has 0 spiro atoms. The summed E-state index contributed by atoms with van der Waals surface area (Å²) in [4.78, 5) is 5.60. The van der Waals surface area contributed by atoms with Crippen LogP contribution in [0.2, 0.25) is 0 Å². The fraction of sp³-hybridized carbons (Fsp3) is 0. The highest BCUT2D eigenvalue weighted by Crippen LogP contribution is 2.46. The molecular formula is C67H41N3S2. The van der Waals surface area contributed by atoms with Gasteiger partial charge < -0.3 is 9.13 Å². The number of hydrogen-bond donors (Lipinski definition) is 0. The maximum absolute atomic E-state index is 5.60. The van der Waals surface area contributed by atoms with Crippen LogP contribution in [0.5, 0.6) is 0 Å². The Hall–Kier alpha value is -8.87. The SMILES string of the molecule is c1ccc(-n2c3ccccc3c3cc(-c4ccc(-c5ccc(-c6ccc(-c7ccc8c(c7)c7ccccc7n8-c7ccccc7)cc6)c6sc(-c7cccc8c7sc7ccccc78)nc56)cc4)ccc32)cc1. The zero-order valence-electron chi connectivity index (χ0n) is 38.8. The second-order valence-corrected chi connectivity index (χ2v) is 20.7. The molecule has 0 fully saturated rings. The van der Waals surface area contributed by atoms with Gasteiger partial charge in [-0.15, -0.1) is 22.7 Å². The fourth-order valence-electron chi connectivity index (χ4n) is 11.2. The lowest BCUT2D eigenvalue weighted by Crippen LogP contribution is -1.92. The molecule has 5 heteroatoms. The minimum atomic E-state index is 1.03. The number of thiophene rings is 1. The number of nitrogens with zero attached hydrogens (tertiary/aromatic N) is 3. The van der Waals surface area contributed by atoms with E-state index < -0.39 is 0 Å². The van der Waals surface area contributed by atoms with Gasteiger partial charge in [-0.1, -0.05) is 182 Å². The van der Waals surface area contributed by atoms with E-state index in [0.717, 1.165) is 21.7 Å². The minimum Gasteiger partial charge on any atom is -0.309 e. The third kappa shape index (κ3) is 6.45. The number of fused-ring (bicyclic) bond motifs is 10. The summed E-state index contributed by atoms with van der Waals surface area (Å²) in [5.74, 6) is 0. The van der Waals surface area contributed by atoms with E-state index in [2.05, 4.69) is 258 Å². The van der Waals surface area contributed by atoms with Gasteiger partial charge in [0.05, 0.1) is 32.3 Å². The molecule has 0 aliphatic carbocycles. The summed E-state index contributed by atoms with van der Waals surface area (Å²) in [5, 5.41) is 8.62. The minimum absolute atomic E-state index is 1.03. The number of hydrogen-bond acceptors (Lipinski definition) is 3. The van der Waals surface area contributed by atoms with Gasteiger partial charge >= 0.3 is 0 Å². The summed E-state index contributed by atoms with van der Waals surface area (Å²) in [6, 6.07) is 90.8. The van der Waals surface area contributed by atoms with Gasteiger partial charge in [-0.05, 0) is 100 Å². The molecule has 0 aliphatic rings. The van der Waals surface area contributed by atoms with Gasteiger partial charge in [0.25, 0.3) is 0 Å². The highest BCUT2D eigenvalue weighted by atomic mass is 32.1. The molecule has 0 saturated heterocycles. The van der Waals surface area contributed by atoms with Crippen LogP contribution in [0.1, 0.15) is 0 Å². The van der Waals surface area contributed by atoms with Gasteiger partial charge in [-0.3, -0.25) is 0 Å². The average molecular weight is 952 g/mol. The van der Waals surface area contributed by atoms with Crippen molar-refractivity contribution in [2.24, 2.45) is 0 Å². The lowest BCUT2D eigenvalue weighted by molar-refractivity contribution is 1.18. The molecule has 0 aliphatic heterocycles. The summed E-state index contributed by atoms with van der Waals surface area (Å²) < 4.78 is 8.51. The average Bonchev–Trinajstić information content (AvgIpc) is 4.23. The maximum Gasteiger partial charge on any atom is 0.126 e. The van der Waals surface area contributed by atoms with Crippen LogP contribution in [0, 0.1) is 0 Å². The summed E-state index contributed by atoms with van der Waals surface area (Å²) in [6.45, 7) is 0. The molecule has 0 radical (unpaired) electrons. The van der Waals surface area contributed by atoms with Gasteiger partial charge in [0.15, 0.2) is 0 Å². The second kappa shape index (κ2) is 16.4. The molecule has 11 aromatic carbocycles. The topological polar surface area (TPSA) is 22.8 Å². The maximum atomic E-state index is 5.60. The largest absolute Gasteiger partial charge is 0.309 e. The third-order valence-electron chi connectivity index (χ3n) is 14.6. The van der Waals surface area contributed by atoms with E-state index in [9.17, 15) is 0 Å². The zero-order valence-corrected chi connectivity index (χ0v) is 40.5. The Morgan fingerprint density at radius 3 is 1.33 bits per heavy atom.